The van der Waals surface area contributed by atoms with Crippen molar-refractivity contribution in [1.82, 2.24) is 9.97 Å². The van der Waals surface area contributed by atoms with E-state index in [1.165, 1.54) is 6.33 Å². The third-order valence-electron chi connectivity index (χ3n) is 1.82. The van der Waals surface area contributed by atoms with Gasteiger partial charge in [0.05, 0.1) is 0 Å². The lowest BCUT2D eigenvalue weighted by Gasteiger charge is -2.10. The molecule has 0 fully saturated rings. The first-order chi connectivity index (χ1) is 6.33. The highest BCUT2D eigenvalue weighted by Crippen LogP contribution is 2.05. The molecule has 0 bridgehead atoms. The van der Waals surface area contributed by atoms with Crippen LogP contribution in [0.3, 0.4) is 0 Å². The van der Waals surface area contributed by atoms with Gasteiger partial charge in [0, 0.05) is 18.6 Å². The minimum absolute atomic E-state index is 0.576. The van der Waals surface area contributed by atoms with Crippen molar-refractivity contribution >= 4 is 17.4 Å². The lowest BCUT2D eigenvalue weighted by Crippen LogP contribution is -2.12. The van der Waals surface area contributed by atoms with Crippen LogP contribution in [-0.2, 0) is 0 Å². The van der Waals surface area contributed by atoms with Gasteiger partial charge in [0.25, 0.3) is 0 Å². The van der Waals surface area contributed by atoms with Gasteiger partial charge in [-0.2, -0.15) is 0 Å². The van der Waals surface area contributed by atoms with Gasteiger partial charge < -0.3 is 5.32 Å². The molecule has 13 heavy (non-hydrogen) atoms. The van der Waals surface area contributed by atoms with Crippen molar-refractivity contribution in [3.8, 4) is 0 Å². The Kier molecular flexibility index (Phi) is 4.54. The molecule has 0 spiro atoms. The number of nitrogens with one attached hydrogen (secondary N) is 1. The highest BCUT2D eigenvalue weighted by molar-refractivity contribution is 6.17. The molecular weight excluding hydrogens is 186 g/mol. The first-order valence-corrected chi connectivity index (χ1v) is 4.92. The summed E-state index contributed by atoms with van der Waals surface area (Å²) in [4.78, 5) is 7.89. The Morgan fingerprint density at radius 3 is 3.08 bits per heavy atom. The molecule has 1 aromatic rings. The highest BCUT2D eigenvalue weighted by atomic mass is 35.5. The number of hydrogen-bond donors (Lipinski definition) is 1. The predicted molar refractivity (Wildman–Crippen MR) is 55.0 cm³/mol. The van der Waals surface area contributed by atoms with E-state index >= 15 is 0 Å². The SMILES string of the molecule is CC(CCCl)CNc1ccncn1. The van der Waals surface area contributed by atoms with Crippen molar-refractivity contribution < 1.29 is 0 Å². The summed E-state index contributed by atoms with van der Waals surface area (Å²) in [5.41, 5.74) is 0. The average molecular weight is 200 g/mol. The quantitative estimate of drug-likeness (QED) is 0.739. The lowest BCUT2D eigenvalue weighted by molar-refractivity contribution is 0.596. The number of rotatable bonds is 5. The summed E-state index contributed by atoms with van der Waals surface area (Å²) < 4.78 is 0. The zero-order valence-corrected chi connectivity index (χ0v) is 8.46. The van der Waals surface area contributed by atoms with Crippen LogP contribution in [0.25, 0.3) is 0 Å². The molecule has 0 aromatic carbocycles. The van der Waals surface area contributed by atoms with Gasteiger partial charge in [-0.15, -0.1) is 11.6 Å². The van der Waals surface area contributed by atoms with Crippen LogP contribution in [0.5, 0.6) is 0 Å². The van der Waals surface area contributed by atoms with E-state index in [1.54, 1.807) is 6.20 Å². The van der Waals surface area contributed by atoms with Crippen molar-refractivity contribution in [2.45, 2.75) is 13.3 Å². The maximum Gasteiger partial charge on any atom is 0.129 e. The Morgan fingerprint density at radius 2 is 2.46 bits per heavy atom. The zero-order chi connectivity index (χ0) is 9.52. The van der Waals surface area contributed by atoms with E-state index in [-0.39, 0.29) is 0 Å². The van der Waals surface area contributed by atoms with Gasteiger partial charge in [-0.1, -0.05) is 6.92 Å². The van der Waals surface area contributed by atoms with Crippen LogP contribution in [-0.4, -0.2) is 22.4 Å². The minimum atomic E-state index is 0.576. The average Bonchev–Trinajstić information content (AvgIpc) is 2.17. The van der Waals surface area contributed by atoms with E-state index in [1.807, 2.05) is 6.07 Å². The third kappa shape index (κ3) is 4.08. The molecule has 0 amide bonds. The van der Waals surface area contributed by atoms with Gasteiger partial charge in [-0.3, -0.25) is 0 Å². The predicted octanol–water partition coefficient (Wildman–Crippen LogP) is 2.15. The van der Waals surface area contributed by atoms with Gasteiger partial charge >= 0.3 is 0 Å². The first kappa shape index (κ1) is 10.3. The van der Waals surface area contributed by atoms with Crippen molar-refractivity contribution in [1.29, 1.82) is 0 Å². The Balaban J connectivity index is 2.27. The van der Waals surface area contributed by atoms with Crippen LogP contribution < -0.4 is 5.32 Å². The molecule has 72 valence electrons. The molecule has 1 atom stereocenters. The van der Waals surface area contributed by atoms with E-state index in [0.717, 1.165) is 18.8 Å². The van der Waals surface area contributed by atoms with Crippen LogP contribution in [0.2, 0.25) is 0 Å². The Labute approximate surface area is 83.5 Å². The van der Waals surface area contributed by atoms with Gasteiger partial charge in [0.2, 0.25) is 0 Å². The molecular formula is C9H14ClN3. The van der Waals surface area contributed by atoms with E-state index < -0.39 is 0 Å². The fourth-order valence-corrected chi connectivity index (χ4v) is 1.33. The van der Waals surface area contributed by atoms with Crippen LogP contribution in [0.15, 0.2) is 18.6 Å². The number of aromatic nitrogens is 2. The molecule has 0 aliphatic carbocycles. The summed E-state index contributed by atoms with van der Waals surface area (Å²) in [5.74, 6) is 2.16. The van der Waals surface area contributed by atoms with Crippen molar-refractivity contribution in [3.05, 3.63) is 18.6 Å². The molecule has 0 saturated heterocycles. The Bertz CT molecular complexity index is 228. The summed E-state index contributed by atoms with van der Waals surface area (Å²) in [7, 11) is 0. The topological polar surface area (TPSA) is 37.8 Å². The molecule has 0 aliphatic rings. The van der Waals surface area contributed by atoms with Crippen LogP contribution in [0.1, 0.15) is 13.3 Å². The van der Waals surface area contributed by atoms with Crippen molar-refractivity contribution in [2.75, 3.05) is 17.7 Å². The number of hydrogen-bond acceptors (Lipinski definition) is 3. The van der Waals surface area contributed by atoms with Crippen molar-refractivity contribution in [3.63, 3.8) is 0 Å². The normalized spacial score (nSPS) is 12.5. The molecule has 1 heterocycles. The number of anilines is 1. The fourth-order valence-electron chi connectivity index (χ4n) is 0.962. The van der Waals surface area contributed by atoms with Gasteiger partial charge in [0.15, 0.2) is 0 Å². The standard InChI is InChI=1S/C9H14ClN3/c1-8(2-4-10)6-12-9-3-5-11-7-13-9/h3,5,7-8H,2,4,6H2,1H3,(H,11,12,13). The Morgan fingerprint density at radius 1 is 1.62 bits per heavy atom. The molecule has 1 unspecified atom stereocenters. The maximum atomic E-state index is 5.62. The second-order valence-electron chi connectivity index (χ2n) is 3.06. The van der Waals surface area contributed by atoms with Gasteiger partial charge in [-0.05, 0) is 18.4 Å². The van der Waals surface area contributed by atoms with E-state index in [4.69, 9.17) is 11.6 Å². The van der Waals surface area contributed by atoms with Gasteiger partial charge in [0.1, 0.15) is 12.1 Å². The van der Waals surface area contributed by atoms with Crippen LogP contribution in [0.4, 0.5) is 5.82 Å². The largest absolute Gasteiger partial charge is 0.370 e. The molecule has 3 nitrogen and oxygen atoms in total. The number of halogens is 1. The summed E-state index contributed by atoms with van der Waals surface area (Å²) in [6.07, 6.45) is 4.29. The lowest BCUT2D eigenvalue weighted by atomic mass is 10.1. The summed E-state index contributed by atoms with van der Waals surface area (Å²) in [6, 6.07) is 1.85. The van der Waals surface area contributed by atoms with E-state index in [2.05, 4.69) is 22.2 Å². The van der Waals surface area contributed by atoms with E-state index in [0.29, 0.717) is 11.8 Å². The summed E-state index contributed by atoms with van der Waals surface area (Å²) >= 11 is 5.62. The number of alkyl halides is 1. The molecule has 0 saturated carbocycles. The molecule has 4 heteroatoms. The van der Waals surface area contributed by atoms with Crippen LogP contribution in [0, 0.1) is 5.92 Å². The summed E-state index contributed by atoms with van der Waals surface area (Å²) in [5, 5.41) is 3.22. The molecule has 1 rings (SSSR count). The molecule has 1 N–H and O–H groups in total. The monoisotopic (exact) mass is 199 g/mol. The first-order valence-electron chi connectivity index (χ1n) is 4.38. The van der Waals surface area contributed by atoms with Crippen molar-refractivity contribution in [2.24, 2.45) is 5.92 Å². The molecule has 1 aromatic heterocycles. The highest BCUT2D eigenvalue weighted by Gasteiger charge is 2.00. The second-order valence-corrected chi connectivity index (χ2v) is 3.44. The third-order valence-corrected chi connectivity index (χ3v) is 2.03. The smallest absolute Gasteiger partial charge is 0.129 e. The molecule has 0 aliphatic heterocycles. The number of nitrogens with zero attached hydrogens (tertiary/aromatic N) is 2. The second kappa shape index (κ2) is 5.75. The molecule has 0 radical (unpaired) electrons. The summed E-state index contributed by atoms with van der Waals surface area (Å²) in [6.45, 7) is 3.07. The fraction of sp³-hybridized carbons (Fsp3) is 0.556. The van der Waals surface area contributed by atoms with Crippen LogP contribution >= 0.6 is 11.6 Å². The zero-order valence-electron chi connectivity index (χ0n) is 7.70. The van der Waals surface area contributed by atoms with Gasteiger partial charge in [-0.25, -0.2) is 9.97 Å². The Hall–Kier alpha value is -0.830. The van der Waals surface area contributed by atoms with E-state index in [9.17, 15) is 0 Å². The maximum absolute atomic E-state index is 5.62. The minimum Gasteiger partial charge on any atom is -0.370 e.